The van der Waals surface area contributed by atoms with E-state index in [1.807, 2.05) is 43.3 Å². The maximum absolute atomic E-state index is 12.6. The van der Waals surface area contributed by atoms with Crippen LogP contribution in [0.15, 0.2) is 77.7 Å². The number of para-hydroxylation sites is 2. The van der Waals surface area contributed by atoms with Crippen molar-refractivity contribution in [2.45, 2.75) is 13.5 Å². The predicted octanol–water partition coefficient (Wildman–Crippen LogP) is 3.13. The van der Waals surface area contributed by atoms with Gasteiger partial charge in [0.2, 0.25) is 0 Å². The lowest BCUT2D eigenvalue weighted by molar-refractivity contribution is 0.0863. The largest absolute Gasteiger partial charge is 0.492 e. The fraction of sp³-hybridized carbons (Fsp3) is 0.143. The van der Waals surface area contributed by atoms with Gasteiger partial charge in [-0.1, -0.05) is 42.5 Å². The highest BCUT2D eigenvalue weighted by molar-refractivity contribution is 6.04. The Morgan fingerprint density at radius 1 is 1.00 bits per heavy atom. The van der Waals surface area contributed by atoms with Gasteiger partial charge < -0.3 is 14.9 Å². The maximum atomic E-state index is 12.6. The number of pyridine rings is 1. The lowest BCUT2D eigenvalue weighted by atomic mass is 10.2. The molecular weight excluding hydrogens is 344 g/mol. The fourth-order valence-corrected chi connectivity index (χ4v) is 2.51. The normalized spacial score (nSPS) is 10.3. The zero-order valence-corrected chi connectivity index (χ0v) is 14.9. The molecule has 1 heterocycles. The Kier molecular flexibility index (Phi) is 5.89. The molecule has 0 aliphatic carbocycles. The molecule has 0 atom stereocenters. The van der Waals surface area contributed by atoms with Crippen LogP contribution in [0.1, 0.15) is 22.8 Å². The van der Waals surface area contributed by atoms with Crippen LogP contribution < -0.4 is 20.5 Å². The summed E-state index contributed by atoms with van der Waals surface area (Å²) in [5, 5.41) is 2.72. The molecule has 0 bridgehead atoms. The first kappa shape index (κ1) is 18.3. The number of carbonyl (C=O) groups is 1. The molecule has 1 amide bonds. The van der Waals surface area contributed by atoms with Crippen molar-refractivity contribution in [1.29, 1.82) is 0 Å². The zero-order valence-electron chi connectivity index (χ0n) is 14.9. The second-order valence-electron chi connectivity index (χ2n) is 5.70. The van der Waals surface area contributed by atoms with E-state index in [0.29, 0.717) is 18.0 Å². The summed E-state index contributed by atoms with van der Waals surface area (Å²) in [6, 6.07) is 19.6. The van der Waals surface area contributed by atoms with E-state index in [9.17, 15) is 9.59 Å². The van der Waals surface area contributed by atoms with Crippen LogP contribution in [0.2, 0.25) is 0 Å². The first-order valence-corrected chi connectivity index (χ1v) is 8.61. The highest BCUT2D eigenvalue weighted by Gasteiger charge is 2.15. The Labute approximate surface area is 156 Å². The highest BCUT2D eigenvalue weighted by atomic mass is 16.7. The molecule has 0 spiro atoms. The summed E-state index contributed by atoms with van der Waals surface area (Å²) in [6.45, 7) is 2.55. The number of benzene rings is 2. The number of nitrogens with zero attached hydrogens (tertiary/aromatic N) is 1. The van der Waals surface area contributed by atoms with Crippen molar-refractivity contribution in [1.82, 2.24) is 4.73 Å². The van der Waals surface area contributed by atoms with E-state index in [-0.39, 0.29) is 12.2 Å². The van der Waals surface area contributed by atoms with Crippen LogP contribution in [0.4, 0.5) is 5.69 Å². The molecule has 138 valence electrons. The monoisotopic (exact) mass is 364 g/mol. The highest BCUT2D eigenvalue weighted by Crippen LogP contribution is 2.23. The molecule has 0 unspecified atom stereocenters. The van der Waals surface area contributed by atoms with Crippen LogP contribution in [0.3, 0.4) is 0 Å². The molecule has 1 N–H and O–H groups in total. The van der Waals surface area contributed by atoms with Crippen molar-refractivity contribution < 1.29 is 14.4 Å². The molecule has 0 saturated carbocycles. The fourth-order valence-electron chi connectivity index (χ4n) is 2.51. The van der Waals surface area contributed by atoms with E-state index in [0.717, 1.165) is 10.3 Å². The Bertz CT molecular complexity index is 967. The van der Waals surface area contributed by atoms with Crippen molar-refractivity contribution in [2.75, 3.05) is 11.9 Å². The molecule has 2 aromatic carbocycles. The molecule has 0 aliphatic rings. The molecule has 0 fully saturated rings. The minimum absolute atomic E-state index is 0.0168. The summed E-state index contributed by atoms with van der Waals surface area (Å²) in [5.74, 6) is 0.0229. The third kappa shape index (κ3) is 4.55. The van der Waals surface area contributed by atoms with Gasteiger partial charge in [-0.3, -0.25) is 9.59 Å². The molecule has 3 aromatic rings. The molecule has 0 saturated heterocycles. The van der Waals surface area contributed by atoms with Crippen molar-refractivity contribution in [3.8, 4) is 5.75 Å². The van der Waals surface area contributed by atoms with Gasteiger partial charge in [0.25, 0.3) is 11.5 Å². The molecular formula is C21H20N2O4. The van der Waals surface area contributed by atoms with Crippen LogP contribution in [0.25, 0.3) is 0 Å². The van der Waals surface area contributed by atoms with Crippen LogP contribution in [-0.2, 0) is 6.61 Å². The van der Waals surface area contributed by atoms with E-state index < -0.39 is 11.5 Å². The van der Waals surface area contributed by atoms with E-state index >= 15 is 0 Å². The van der Waals surface area contributed by atoms with Gasteiger partial charge in [0.15, 0.2) is 0 Å². The smallest absolute Gasteiger partial charge is 0.295 e. The Morgan fingerprint density at radius 3 is 2.52 bits per heavy atom. The molecule has 0 aliphatic heterocycles. The summed E-state index contributed by atoms with van der Waals surface area (Å²) >= 11 is 0. The average molecular weight is 364 g/mol. The van der Waals surface area contributed by atoms with Gasteiger partial charge in [0, 0.05) is 6.20 Å². The molecule has 27 heavy (non-hydrogen) atoms. The Morgan fingerprint density at radius 2 is 1.74 bits per heavy atom. The number of hydrogen-bond acceptors (Lipinski definition) is 4. The summed E-state index contributed by atoms with van der Waals surface area (Å²) in [5.41, 5.74) is 0.880. The van der Waals surface area contributed by atoms with Gasteiger partial charge >= 0.3 is 0 Å². The summed E-state index contributed by atoms with van der Waals surface area (Å²) in [4.78, 5) is 30.7. The molecule has 0 radical (unpaired) electrons. The first-order valence-electron chi connectivity index (χ1n) is 8.61. The van der Waals surface area contributed by atoms with E-state index in [4.69, 9.17) is 9.57 Å². The van der Waals surface area contributed by atoms with Crippen molar-refractivity contribution >= 4 is 11.6 Å². The zero-order chi connectivity index (χ0) is 19.1. The van der Waals surface area contributed by atoms with Crippen molar-refractivity contribution in [3.63, 3.8) is 0 Å². The van der Waals surface area contributed by atoms with Crippen LogP contribution in [0, 0.1) is 0 Å². The van der Waals surface area contributed by atoms with Gasteiger partial charge in [-0.15, -0.1) is 0 Å². The Hall–Kier alpha value is -3.54. The van der Waals surface area contributed by atoms with Gasteiger partial charge in [0.1, 0.15) is 17.9 Å². The van der Waals surface area contributed by atoms with Crippen molar-refractivity contribution in [3.05, 3.63) is 94.4 Å². The molecule has 6 heteroatoms. The van der Waals surface area contributed by atoms with Crippen LogP contribution in [0.5, 0.6) is 5.75 Å². The predicted molar refractivity (Wildman–Crippen MR) is 103 cm³/mol. The topological polar surface area (TPSA) is 69.6 Å². The number of nitrogens with one attached hydrogen (secondary N) is 1. The average Bonchev–Trinajstić information content (AvgIpc) is 2.69. The third-order valence-electron chi connectivity index (χ3n) is 3.81. The van der Waals surface area contributed by atoms with Gasteiger partial charge in [-0.25, -0.2) is 0 Å². The van der Waals surface area contributed by atoms with Crippen LogP contribution >= 0.6 is 0 Å². The Balaban J connectivity index is 1.77. The summed E-state index contributed by atoms with van der Waals surface area (Å²) in [7, 11) is 0. The molecule has 3 rings (SSSR count). The second-order valence-corrected chi connectivity index (χ2v) is 5.70. The van der Waals surface area contributed by atoms with Crippen molar-refractivity contribution in [2.24, 2.45) is 0 Å². The number of aromatic nitrogens is 1. The number of anilines is 1. The quantitative estimate of drug-likeness (QED) is 0.699. The number of ether oxygens (including phenoxy) is 1. The molecule has 6 nitrogen and oxygen atoms in total. The van der Waals surface area contributed by atoms with E-state index in [1.165, 1.54) is 12.3 Å². The number of amides is 1. The maximum Gasteiger partial charge on any atom is 0.295 e. The lowest BCUT2D eigenvalue weighted by Gasteiger charge is -2.12. The van der Waals surface area contributed by atoms with Gasteiger partial charge in [0.05, 0.1) is 12.3 Å². The standard InChI is InChI=1S/C21H20N2O4/c1-2-26-19-13-7-6-12-18(19)22-20(24)17-11-8-14-23(21(17)25)27-15-16-9-4-3-5-10-16/h3-14H,2,15H2,1H3,(H,22,24). The second kappa shape index (κ2) is 8.71. The molecule has 1 aromatic heterocycles. The van der Waals surface area contributed by atoms with Gasteiger partial charge in [-0.05, 0) is 36.8 Å². The summed E-state index contributed by atoms with van der Waals surface area (Å²) < 4.78 is 6.56. The number of rotatable bonds is 7. The minimum atomic E-state index is -0.528. The first-order chi connectivity index (χ1) is 13.2. The third-order valence-corrected chi connectivity index (χ3v) is 3.81. The summed E-state index contributed by atoms with van der Waals surface area (Å²) in [6.07, 6.45) is 1.48. The number of carbonyl (C=O) groups excluding carboxylic acids is 1. The van der Waals surface area contributed by atoms with Crippen LogP contribution in [-0.4, -0.2) is 17.2 Å². The number of hydrogen-bond donors (Lipinski definition) is 1. The SMILES string of the molecule is CCOc1ccccc1NC(=O)c1cccn(OCc2ccccc2)c1=O. The van der Waals surface area contributed by atoms with Gasteiger partial charge in [-0.2, -0.15) is 4.73 Å². The van der Waals surface area contributed by atoms with E-state index in [1.54, 1.807) is 24.3 Å². The van der Waals surface area contributed by atoms with E-state index in [2.05, 4.69) is 5.32 Å². The minimum Gasteiger partial charge on any atom is -0.492 e. The lowest BCUT2D eigenvalue weighted by Crippen LogP contribution is -2.32.